The standard InChI is InChI=1S/C23H33FN6O4/c1-16-11-25-17(2)14-34-22(31)8-5-9-30-12-20(27-28-30)15-33-21(16)13-29(3)23(32)26-19-7-4-6-18(24)10-19/h4,6-7,10,12,16-17,21,25H,5,8-9,11,13-15H2,1-3H3,(H,26,32)/t16-,17-,21-/m1/s1. The van der Waals surface area contributed by atoms with Crippen LogP contribution in [-0.4, -0.2) is 70.8 Å². The van der Waals surface area contributed by atoms with Crippen molar-refractivity contribution in [2.45, 2.75) is 52.0 Å². The van der Waals surface area contributed by atoms with Gasteiger partial charge in [0.1, 0.15) is 18.1 Å². The van der Waals surface area contributed by atoms with E-state index >= 15 is 0 Å². The van der Waals surface area contributed by atoms with Crippen LogP contribution in [0.3, 0.4) is 0 Å². The number of hydrogen-bond donors (Lipinski definition) is 2. The Morgan fingerprint density at radius 3 is 3.00 bits per heavy atom. The van der Waals surface area contributed by atoms with Crippen LogP contribution in [0.4, 0.5) is 14.9 Å². The number of rotatable bonds is 3. The lowest BCUT2D eigenvalue weighted by Crippen LogP contribution is -2.44. The average Bonchev–Trinajstić information content (AvgIpc) is 3.25. The first-order valence-electron chi connectivity index (χ1n) is 11.5. The molecule has 1 aliphatic heterocycles. The summed E-state index contributed by atoms with van der Waals surface area (Å²) in [5.74, 6) is -0.638. The van der Waals surface area contributed by atoms with Crippen LogP contribution < -0.4 is 10.6 Å². The molecular weight excluding hydrogens is 443 g/mol. The summed E-state index contributed by atoms with van der Waals surface area (Å²) in [6.07, 6.45) is 2.40. The molecule has 1 aliphatic rings. The van der Waals surface area contributed by atoms with E-state index in [2.05, 4.69) is 20.9 Å². The highest BCUT2D eigenvalue weighted by Crippen LogP contribution is 2.14. The molecule has 0 fully saturated rings. The van der Waals surface area contributed by atoms with Gasteiger partial charge in [-0.15, -0.1) is 5.10 Å². The van der Waals surface area contributed by atoms with Crippen molar-refractivity contribution in [2.75, 3.05) is 32.1 Å². The third-order valence-corrected chi connectivity index (χ3v) is 5.59. The van der Waals surface area contributed by atoms with Crippen LogP contribution >= 0.6 is 0 Å². The quantitative estimate of drug-likeness (QED) is 0.655. The average molecular weight is 477 g/mol. The van der Waals surface area contributed by atoms with Crippen LogP contribution in [0.15, 0.2) is 30.5 Å². The maximum absolute atomic E-state index is 13.4. The van der Waals surface area contributed by atoms with Crippen molar-refractivity contribution in [3.05, 3.63) is 42.0 Å². The van der Waals surface area contributed by atoms with Crippen molar-refractivity contribution >= 4 is 17.7 Å². The molecule has 10 nitrogen and oxygen atoms in total. The highest BCUT2D eigenvalue weighted by molar-refractivity contribution is 5.89. The number of urea groups is 1. The van der Waals surface area contributed by atoms with Crippen LogP contribution in [0.5, 0.6) is 0 Å². The van der Waals surface area contributed by atoms with Gasteiger partial charge >= 0.3 is 12.0 Å². The van der Waals surface area contributed by atoms with Crippen LogP contribution in [0.1, 0.15) is 32.4 Å². The molecule has 3 atom stereocenters. The molecule has 0 aliphatic carbocycles. The first kappa shape index (κ1) is 25.6. The third-order valence-electron chi connectivity index (χ3n) is 5.59. The number of nitrogens with one attached hydrogen (secondary N) is 2. The minimum atomic E-state index is -0.422. The minimum Gasteiger partial charge on any atom is -0.464 e. The summed E-state index contributed by atoms with van der Waals surface area (Å²) < 4.78 is 26.6. The Morgan fingerprint density at radius 1 is 1.38 bits per heavy atom. The summed E-state index contributed by atoms with van der Waals surface area (Å²) in [6.45, 7) is 5.95. The zero-order chi connectivity index (χ0) is 24.5. The van der Waals surface area contributed by atoms with Gasteiger partial charge in [0, 0.05) is 44.8 Å². The lowest BCUT2D eigenvalue weighted by atomic mass is 10.0. The molecule has 2 N–H and O–H groups in total. The molecular formula is C23H33FN6O4. The predicted octanol–water partition coefficient (Wildman–Crippen LogP) is 2.42. The first-order valence-corrected chi connectivity index (χ1v) is 11.5. The van der Waals surface area contributed by atoms with E-state index in [9.17, 15) is 14.0 Å². The van der Waals surface area contributed by atoms with Crippen LogP contribution in [0.25, 0.3) is 0 Å². The number of anilines is 1. The van der Waals surface area contributed by atoms with E-state index in [4.69, 9.17) is 9.47 Å². The van der Waals surface area contributed by atoms with Crippen LogP contribution in [-0.2, 0) is 27.4 Å². The molecule has 1 aromatic carbocycles. The van der Waals surface area contributed by atoms with E-state index in [0.29, 0.717) is 43.9 Å². The molecule has 2 heterocycles. The van der Waals surface area contributed by atoms with Gasteiger partial charge in [-0.1, -0.05) is 18.2 Å². The number of fused-ring (bicyclic) bond motifs is 2. The number of aryl methyl sites for hydroxylation is 1. The Morgan fingerprint density at radius 2 is 2.21 bits per heavy atom. The molecule has 2 aromatic rings. The number of aromatic nitrogens is 3. The van der Waals surface area contributed by atoms with Gasteiger partial charge in [0.15, 0.2) is 0 Å². The number of nitrogens with zero attached hydrogens (tertiary/aromatic N) is 4. The van der Waals surface area contributed by atoms with Crippen LogP contribution in [0.2, 0.25) is 0 Å². The van der Waals surface area contributed by atoms with Crippen molar-refractivity contribution in [2.24, 2.45) is 5.92 Å². The number of benzene rings is 1. The van der Waals surface area contributed by atoms with E-state index in [1.165, 1.54) is 23.1 Å². The topological polar surface area (TPSA) is 111 Å². The maximum atomic E-state index is 13.4. The Balaban J connectivity index is 1.66. The lowest BCUT2D eigenvalue weighted by Gasteiger charge is -2.30. The number of cyclic esters (lactones) is 1. The van der Waals surface area contributed by atoms with Crippen molar-refractivity contribution in [1.29, 1.82) is 0 Å². The molecule has 0 spiro atoms. The molecule has 0 saturated heterocycles. The van der Waals surface area contributed by atoms with E-state index in [0.717, 1.165) is 0 Å². The van der Waals surface area contributed by atoms with Gasteiger partial charge < -0.3 is 25.0 Å². The van der Waals surface area contributed by atoms with Gasteiger partial charge in [0.2, 0.25) is 0 Å². The fraction of sp³-hybridized carbons (Fsp3) is 0.565. The van der Waals surface area contributed by atoms with Gasteiger partial charge in [-0.2, -0.15) is 0 Å². The van der Waals surface area contributed by atoms with Gasteiger partial charge in [0.05, 0.1) is 18.9 Å². The van der Waals surface area contributed by atoms with Crippen molar-refractivity contribution in [3.8, 4) is 0 Å². The largest absolute Gasteiger partial charge is 0.464 e. The number of ether oxygens (including phenoxy) is 2. The Bertz CT molecular complexity index is 955. The molecule has 34 heavy (non-hydrogen) atoms. The van der Waals surface area contributed by atoms with Gasteiger partial charge in [-0.3, -0.25) is 9.48 Å². The fourth-order valence-electron chi connectivity index (χ4n) is 3.49. The molecule has 2 bridgehead atoms. The van der Waals surface area contributed by atoms with Gasteiger partial charge in [-0.25, -0.2) is 9.18 Å². The fourth-order valence-corrected chi connectivity index (χ4v) is 3.49. The van der Waals surface area contributed by atoms with Crippen molar-refractivity contribution in [3.63, 3.8) is 0 Å². The molecule has 0 saturated carbocycles. The van der Waals surface area contributed by atoms with E-state index in [1.54, 1.807) is 24.0 Å². The molecule has 0 unspecified atom stereocenters. The van der Waals surface area contributed by atoms with Gasteiger partial charge in [-0.05, 0) is 37.5 Å². The number of esters is 1. The molecule has 11 heteroatoms. The third kappa shape index (κ3) is 8.07. The SMILES string of the molecule is C[C@@H]1COC(=O)CCCn2cc(nn2)CO[C@H](CN(C)C(=O)Nc2cccc(F)c2)[C@H](C)CN1. The Kier molecular flexibility index (Phi) is 9.34. The monoisotopic (exact) mass is 476 g/mol. The number of likely N-dealkylation sites (N-methyl/N-ethyl adjacent to an activating group) is 1. The summed E-state index contributed by atoms with van der Waals surface area (Å²) in [7, 11) is 1.66. The maximum Gasteiger partial charge on any atom is 0.321 e. The summed E-state index contributed by atoms with van der Waals surface area (Å²) >= 11 is 0. The summed E-state index contributed by atoms with van der Waals surface area (Å²) in [5.41, 5.74) is 1.05. The second-order valence-electron chi connectivity index (χ2n) is 8.72. The van der Waals surface area contributed by atoms with E-state index in [-0.39, 0.29) is 43.3 Å². The molecule has 1 aromatic heterocycles. The molecule has 2 amide bonds. The summed E-state index contributed by atoms with van der Waals surface area (Å²) in [4.78, 5) is 26.1. The number of amides is 2. The first-order chi connectivity index (χ1) is 16.3. The number of carbonyl (C=O) groups excluding carboxylic acids is 2. The predicted molar refractivity (Wildman–Crippen MR) is 123 cm³/mol. The molecule has 0 radical (unpaired) electrons. The minimum absolute atomic E-state index is 0.0190. The normalized spacial score (nSPS) is 22.6. The number of halogens is 1. The Hall–Kier alpha value is -3.05. The van der Waals surface area contributed by atoms with E-state index in [1.807, 2.05) is 13.8 Å². The van der Waals surface area contributed by atoms with Crippen LogP contribution in [0, 0.1) is 11.7 Å². The zero-order valence-electron chi connectivity index (χ0n) is 19.9. The molecule has 186 valence electrons. The number of carbonyl (C=O) groups is 2. The van der Waals surface area contributed by atoms with Crippen molar-refractivity contribution in [1.82, 2.24) is 25.2 Å². The highest BCUT2D eigenvalue weighted by Gasteiger charge is 2.24. The Labute approximate surface area is 198 Å². The lowest BCUT2D eigenvalue weighted by molar-refractivity contribution is -0.144. The second-order valence-corrected chi connectivity index (χ2v) is 8.72. The zero-order valence-corrected chi connectivity index (χ0v) is 19.9. The van der Waals surface area contributed by atoms with Crippen molar-refractivity contribution < 1.29 is 23.5 Å². The highest BCUT2D eigenvalue weighted by atomic mass is 19.1. The smallest absolute Gasteiger partial charge is 0.321 e. The van der Waals surface area contributed by atoms with E-state index < -0.39 is 5.82 Å². The summed E-state index contributed by atoms with van der Waals surface area (Å²) in [6, 6.07) is 5.35. The second kappa shape index (κ2) is 12.4. The summed E-state index contributed by atoms with van der Waals surface area (Å²) in [5, 5.41) is 14.3. The van der Waals surface area contributed by atoms with Gasteiger partial charge in [0.25, 0.3) is 0 Å². The number of hydrogen-bond acceptors (Lipinski definition) is 7. The molecule has 3 rings (SSSR count).